The molecular formula is C49H66N12O7S. The van der Waals surface area contributed by atoms with E-state index in [0.717, 1.165) is 27.4 Å². The Morgan fingerprint density at radius 3 is 1.75 bits per heavy atom. The summed E-state index contributed by atoms with van der Waals surface area (Å²) in [6, 6.07) is 17.0. The van der Waals surface area contributed by atoms with Gasteiger partial charge < -0.3 is 59.1 Å². The van der Waals surface area contributed by atoms with Crippen molar-refractivity contribution in [2.75, 3.05) is 25.6 Å². The normalized spacial score (nSPS) is 14.4. The number of amides is 6. The number of fused-ring (bicyclic) bond motifs is 2. The molecule has 0 aliphatic rings. The molecule has 7 atom stereocenters. The van der Waals surface area contributed by atoms with Crippen molar-refractivity contribution < 1.29 is 33.0 Å². The number of guanidine groups is 1. The van der Waals surface area contributed by atoms with E-state index < -0.39 is 82.5 Å². The summed E-state index contributed by atoms with van der Waals surface area (Å²) in [4.78, 5) is 96.2. The SMILES string of the molecule is CC(C)C[C@H](NC(=O)[C@@H](Cc1c[nH]c2ccccc12)NC(=O)[C@H](Cc1ccccc1)N(C)C(=O)[C@@H](Cc1c[nH]c2ccccc12)NC(=O)[C@@H](N)CCCN=C(N)N)C(=O)N[C@@H](CCS(C)=O)C(N)=O. The van der Waals surface area contributed by atoms with Crippen LogP contribution in [0.5, 0.6) is 0 Å². The predicted molar refractivity (Wildman–Crippen MR) is 269 cm³/mol. The van der Waals surface area contributed by atoms with Crippen molar-refractivity contribution in [1.82, 2.24) is 36.1 Å². The molecule has 0 bridgehead atoms. The third kappa shape index (κ3) is 15.5. The summed E-state index contributed by atoms with van der Waals surface area (Å²) in [6.45, 7) is 3.98. The van der Waals surface area contributed by atoms with E-state index in [1.807, 2.05) is 80.6 Å². The Labute approximate surface area is 404 Å². The summed E-state index contributed by atoms with van der Waals surface area (Å²) in [5.41, 5.74) is 26.6. The lowest BCUT2D eigenvalue weighted by molar-refractivity contribution is -0.142. The fraction of sp³-hybridized carbons (Fsp3) is 0.408. The molecule has 14 N–H and O–H groups in total. The summed E-state index contributed by atoms with van der Waals surface area (Å²) < 4.78 is 11.8. The van der Waals surface area contributed by atoms with Crippen LogP contribution in [0.2, 0.25) is 0 Å². The number of hydrogen-bond acceptors (Lipinski definition) is 9. The molecule has 370 valence electrons. The first-order valence-electron chi connectivity index (χ1n) is 22.9. The molecule has 20 heteroatoms. The molecule has 0 spiro atoms. The molecule has 1 unspecified atom stereocenters. The number of benzene rings is 3. The van der Waals surface area contributed by atoms with Gasteiger partial charge in [0.05, 0.1) is 6.04 Å². The Hall–Kier alpha value is -7.06. The number of carbonyl (C=O) groups is 6. The Kier molecular flexibility index (Phi) is 19.4. The summed E-state index contributed by atoms with van der Waals surface area (Å²) in [7, 11) is 0.209. The number of aromatic nitrogens is 2. The Morgan fingerprint density at radius 1 is 0.667 bits per heavy atom. The summed E-state index contributed by atoms with van der Waals surface area (Å²) in [6.07, 6.45) is 5.82. The van der Waals surface area contributed by atoms with Gasteiger partial charge in [-0.3, -0.25) is 38.0 Å². The molecule has 0 saturated carbocycles. The lowest BCUT2D eigenvalue weighted by Gasteiger charge is -2.33. The van der Waals surface area contributed by atoms with Gasteiger partial charge in [0.1, 0.15) is 30.2 Å². The molecule has 3 aromatic carbocycles. The quantitative estimate of drug-likeness (QED) is 0.0214. The van der Waals surface area contributed by atoms with Crippen molar-refractivity contribution in [2.24, 2.45) is 33.8 Å². The number of primary amides is 1. The van der Waals surface area contributed by atoms with E-state index in [9.17, 15) is 33.0 Å². The maximum Gasteiger partial charge on any atom is 0.245 e. The van der Waals surface area contributed by atoms with E-state index in [1.165, 1.54) is 18.2 Å². The zero-order valence-corrected chi connectivity index (χ0v) is 40.4. The first-order valence-corrected chi connectivity index (χ1v) is 24.7. The molecule has 2 heterocycles. The summed E-state index contributed by atoms with van der Waals surface area (Å²) in [5.74, 6) is -4.15. The third-order valence-corrected chi connectivity index (χ3v) is 12.6. The number of aliphatic imine (C=N–C) groups is 1. The van der Waals surface area contributed by atoms with Crippen molar-refractivity contribution in [3.05, 3.63) is 108 Å². The van der Waals surface area contributed by atoms with Crippen LogP contribution >= 0.6 is 0 Å². The van der Waals surface area contributed by atoms with Crippen molar-refractivity contribution >= 4 is 74.0 Å². The van der Waals surface area contributed by atoms with Crippen molar-refractivity contribution in [3.8, 4) is 0 Å². The number of nitrogens with two attached hydrogens (primary N) is 4. The molecule has 2 aromatic heterocycles. The topological polar surface area (TPSA) is 319 Å². The zero-order chi connectivity index (χ0) is 50.2. The van der Waals surface area contributed by atoms with Crippen LogP contribution in [-0.2, 0) is 58.8 Å². The Balaban J connectivity index is 1.48. The van der Waals surface area contributed by atoms with Gasteiger partial charge in [-0.2, -0.15) is 0 Å². The van der Waals surface area contributed by atoms with E-state index in [4.69, 9.17) is 22.9 Å². The summed E-state index contributed by atoms with van der Waals surface area (Å²) >= 11 is 0. The molecule has 5 aromatic rings. The Morgan fingerprint density at radius 2 is 1.19 bits per heavy atom. The van der Waals surface area contributed by atoms with Gasteiger partial charge in [-0.05, 0) is 60.4 Å². The second kappa shape index (κ2) is 25.3. The van der Waals surface area contributed by atoms with Crippen LogP contribution < -0.4 is 44.2 Å². The maximum atomic E-state index is 15.0. The molecular weight excluding hydrogens is 901 g/mol. The van der Waals surface area contributed by atoms with Crippen molar-refractivity contribution in [3.63, 3.8) is 0 Å². The number of rotatable bonds is 26. The van der Waals surface area contributed by atoms with Gasteiger partial charge in [-0.15, -0.1) is 0 Å². The van der Waals surface area contributed by atoms with Gasteiger partial charge in [-0.1, -0.05) is 80.6 Å². The summed E-state index contributed by atoms with van der Waals surface area (Å²) in [5, 5.41) is 12.9. The highest BCUT2D eigenvalue weighted by atomic mass is 32.2. The number of H-pyrrole nitrogens is 2. The second-order valence-corrected chi connectivity index (χ2v) is 19.2. The van der Waals surface area contributed by atoms with Crippen LogP contribution in [0.1, 0.15) is 56.2 Å². The smallest absolute Gasteiger partial charge is 0.245 e. The van der Waals surface area contributed by atoms with Crippen LogP contribution in [0, 0.1) is 5.92 Å². The van der Waals surface area contributed by atoms with Crippen LogP contribution in [0.15, 0.2) is 96.2 Å². The molecule has 0 saturated heterocycles. The zero-order valence-electron chi connectivity index (χ0n) is 39.5. The number of likely N-dealkylation sites (N-methyl/N-ethyl adjacent to an activating group) is 1. The van der Waals surface area contributed by atoms with Gasteiger partial charge >= 0.3 is 0 Å². The minimum Gasteiger partial charge on any atom is -0.370 e. The van der Waals surface area contributed by atoms with Crippen molar-refractivity contribution in [2.45, 2.75) is 95.0 Å². The second-order valence-electron chi connectivity index (χ2n) is 17.7. The molecule has 5 rings (SSSR count). The first-order chi connectivity index (χ1) is 32.9. The molecule has 19 nitrogen and oxygen atoms in total. The van der Waals surface area contributed by atoms with Gasteiger partial charge in [0.25, 0.3) is 0 Å². The molecule has 0 fully saturated rings. The van der Waals surface area contributed by atoms with Crippen LogP contribution in [0.25, 0.3) is 21.8 Å². The van der Waals surface area contributed by atoms with Crippen molar-refractivity contribution in [1.29, 1.82) is 0 Å². The van der Waals surface area contributed by atoms with Crippen LogP contribution in [-0.4, -0.2) is 122 Å². The average Bonchev–Trinajstić information content (AvgIpc) is 3.93. The fourth-order valence-corrected chi connectivity index (χ4v) is 8.67. The maximum absolute atomic E-state index is 15.0. The lowest BCUT2D eigenvalue weighted by atomic mass is 9.98. The fourth-order valence-electron chi connectivity index (χ4n) is 8.11. The third-order valence-electron chi connectivity index (χ3n) is 11.8. The molecule has 0 aliphatic carbocycles. The van der Waals surface area contributed by atoms with Gasteiger partial charge in [0.2, 0.25) is 35.4 Å². The van der Waals surface area contributed by atoms with E-state index in [-0.39, 0.29) is 62.7 Å². The van der Waals surface area contributed by atoms with E-state index in [0.29, 0.717) is 17.5 Å². The van der Waals surface area contributed by atoms with E-state index in [2.05, 4.69) is 36.2 Å². The molecule has 0 radical (unpaired) electrons. The minimum atomic E-state index is -1.30. The molecule has 0 aliphatic heterocycles. The number of para-hydroxylation sites is 2. The highest BCUT2D eigenvalue weighted by Crippen LogP contribution is 2.22. The Bertz CT molecular complexity index is 2610. The van der Waals surface area contributed by atoms with Crippen LogP contribution in [0.4, 0.5) is 0 Å². The monoisotopic (exact) mass is 966 g/mol. The minimum absolute atomic E-state index is 0.0177. The highest BCUT2D eigenvalue weighted by molar-refractivity contribution is 7.84. The van der Waals surface area contributed by atoms with Gasteiger partial charge in [0.15, 0.2) is 5.96 Å². The first kappa shape index (κ1) is 52.9. The number of hydrogen-bond donors (Lipinski definition) is 10. The van der Waals surface area contributed by atoms with E-state index in [1.54, 1.807) is 24.5 Å². The number of nitrogens with zero attached hydrogens (tertiary/aromatic N) is 2. The average molecular weight is 967 g/mol. The number of aromatic amines is 2. The molecule has 6 amide bonds. The number of nitrogens with one attached hydrogen (secondary N) is 6. The predicted octanol–water partition coefficient (Wildman–Crippen LogP) is 1.12. The molecule has 69 heavy (non-hydrogen) atoms. The standard InChI is InChI=1S/C49H66N12O7S/c1-29(2)23-39(45(64)57-38(43(51)62)20-22-69(4)68)58-46(65)40(25-31-27-55-36-18-10-8-15-33(31)36)59-47(66)42(24-30-13-6-5-7-14-30)61(3)48(67)41(26-32-28-56-37-19-11-9-16-34(32)37)60-44(63)35(50)17-12-21-54-49(52)53/h5-11,13-16,18-19,27-29,35,38-42,55-56H,12,17,20-26,50H2,1-4H3,(H2,51,62)(H,57,64)(H,58,65)(H,59,66)(H,60,63)(H4,52,53,54)/t35-,38-,39-,40+,41+,42-,69?/m0/s1. The highest BCUT2D eigenvalue weighted by Gasteiger charge is 2.37. The number of carbonyl (C=O) groups excluding carboxylic acids is 6. The van der Waals surface area contributed by atoms with Crippen LogP contribution in [0.3, 0.4) is 0 Å². The largest absolute Gasteiger partial charge is 0.370 e. The van der Waals surface area contributed by atoms with E-state index >= 15 is 0 Å². The van der Waals surface area contributed by atoms with Gasteiger partial charge in [0, 0.05) is 89.9 Å². The lowest BCUT2D eigenvalue weighted by Crippen LogP contribution is -2.60. The van der Waals surface area contributed by atoms with Gasteiger partial charge in [-0.25, -0.2) is 0 Å².